The summed E-state index contributed by atoms with van der Waals surface area (Å²) >= 11 is 0. The van der Waals surface area contributed by atoms with Gasteiger partial charge in [-0.25, -0.2) is 4.39 Å². The molecule has 3 fully saturated rings. The van der Waals surface area contributed by atoms with E-state index in [-0.39, 0.29) is 30.5 Å². The van der Waals surface area contributed by atoms with Gasteiger partial charge in [0.2, 0.25) is 0 Å². The Labute approximate surface area is 168 Å². The average Bonchev–Trinajstić information content (AvgIpc) is 3.02. The van der Waals surface area contributed by atoms with Crippen molar-refractivity contribution < 1.29 is 9.13 Å². The molecule has 1 aliphatic carbocycles. The van der Waals surface area contributed by atoms with Crippen LogP contribution in [0.4, 0.5) is 4.39 Å². The van der Waals surface area contributed by atoms with Gasteiger partial charge in [-0.1, -0.05) is 11.6 Å². The normalized spacial score (nSPS) is 47.3. The van der Waals surface area contributed by atoms with Crippen LogP contribution in [0.5, 0.6) is 0 Å². The molecule has 9 unspecified atom stereocenters. The summed E-state index contributed by atoms with van der Waals surface area (Å²) in [6, 6.07) is 0.712. The zero-order valence-corrected chi connectivity index (χ0v) is 17.5. The van der Waals surface area contributed by atoms with Crippen LogP contribution in [0.2, 0.25) is 0 Å². The number of nitrogens with one attached hydrogen (secondary N) is 5. The van der Waals surface area contributed by atoms with Crippen LogP contribution in [0.1, 0.15) is 46.0 Å². The molecule has 0 aromatic carbocycles. The predicted octanol–water partition coefficient (Wildman–Crippen LogP) is 1.21. The van der Waals surface area contributed by atoms with E-state index in [2.05, 4.69) is 46.5 Å². The molecular formula is C21H38FN5O. The molecule has 0 radical (unpaired) electrons. The second-order valence-electron chi connectivity index (χ2n) is 9.23. The first kappa shape index (κ1) is 20.7. The Kier molecular flexibility index (Phi) is 6.70. The molecule has 0 spiro atoms. The first-order valence-corrected chi connectivity index (χ1v) is 11.2. The lowest BCUT2D eigenvalue weighted by atomic mass is 9.70. The molecule has 2 saturated heterocycles. The maximum Gasteiger partial charge on any atom is 0.124 e. The molecule has 4 aliphatic rings. The molecule has 0 amide bonds. The van der Waals surface area contributed by atoms with Crippen molar-refractivity contribution in [3.63, 3.8) is 0 Å². The fourth-order valence-corrected chi connectivity index (χ4v) is 5.58. The number of alkyl halides is 1. The molecule has 0 aromatic rings. The van der Waals surface area contributed by atoms with Crippen molar-refractivity contribution >= 4 is 0 Å². The van der Waals surface area contributed by atoms with Gasteiger partial charge in [0.25, 0.3) is 0 Å². The second kappa shape index (κ2) is 9.06. The fraction of sp³-hybridized carbons (Fsp3) is 0.905. The highest BCUT2D eigenvalue weighted by molar-refractivity contribution is 5.18. The summed E-state index contributed by atoms with van der Waals surface area (Å²) < 4.78 is 22.0. The van der Waals surface area contributed by atoms with Gasteiger partial charge in [0.05, 0.1) is 12.3 Å². The van der Waals surface area contributed by atoms with Crippen LogP contribution in [0.15, 0.2) is 11.6 Å². The highest BCUT2D eigenvalue weighted by Crippen LogP contribution is 2.44. The molecule has 4 rings (SSSR count). The van der Waals surface area contributed by atoms with Gasteiger partial charge in [-0.05, 0) is 58.9 Å². The van der Waals surface area contributed by atoms with E-state index in [1.165, 1.54) is 5.57 Å². The van der Waals surface area contributed by atoms with E-state index in [4.69, 9.17) is 4.74 Å². The van der Waals surface area contributed by atoms with Gasteiger partial charge < -0.3 is 15.4 Å². The molecule has 3 aliphatic heterocycles. The number of ether oxygens (including phenoxy) is 1. The molecule has 7 heteroatoms. The molecule has 3 heterocycles. The van der Waals surface area contributed by atoms with Crippen molar-refractivity contribution in [1.29, 1.82) is 0 Å². The van der Waals surface area contributed by atoms with Crippen molar-refractivity contribution in [3.05, 3.63) is 11.6 Å². The number of fused-ring (bicyclic) bond motifs is 1. The van der Waals surface area contributed by atoms with Crippen molar-refractivity contribution in [3.8, 4) is 0 Å². The number of halogens is 1. The molecule has 0 aromatic heterocycles. The highest BCUT2D eigenvalue weighted by atomic mass is 19.1. The molecule has 0 bridgehead atoms. The van der Waals surface area contributed by atoms with E-state index in [0.29, 0.717) is 18.0 Å². The molecule has 9 atom stereocenters. The quantitative estimate of drug-likeness (QED) is 0.461. The van der Waals surface area contributed by atoms with E-state index in [1.807, 2.05) is 7.05 Å². The van der Waals surface area contributed by atoms with Gasteiger partial charge in [-0.2, -0.15) is 0 Å². The van der Waals surface area contributed by atoms with Crippen LogP contribution in [0, 0.1) is 11.8 Å². The Hall–Kier alpha value is -0.570. The van der Waals surface area contributed by atoms with Crippen molar-refractivity contribution in [1.82, 2.24) is 26.6 Å². The summed E-state index contributed by atoms with van der Waals surface area (Å²) in [5.41, 5.74) is 1.26. The lowest BCUT2D eigenvalue weighted by Gasteiger charge is -2.45. The molecular weight excluding hydrogens is 357 g/mol. The van der Waals surface area contributed by atoms with Crippen LogP contribution in [0.3, 0.4) is 0 Å². The summed E-state index contributed by atoms with van der Waals surface area (Å²) in [6.07, 6.45) is 6.47. The van der Waals surface area contributed by atoms with Crippen LogP contribution in [-0.4, -0.2) is 63.1 Å². The molecule has 28 heavy (non-hydrogen) atoms. The minimum Gasteiger partial charge on any atom is -0.377 e. The number of hydrogen-bond acceptors (Lipinski definition) is 6. The zero-order valence-electron chi connectivity index (χ0n) is 17.5. The van der Waals surface area contributed by atoms with Gasteiger partial charge >= 0.3 is 0 Å². The predicted molar refractivity (Wildman–Crippen MR) is 110 cm³/mol. The minimum absolute atomic E-state index is 0.0453. The monoisotopic (exact) mass is 395 g/mol. The van der Waals surface area contributed by atoms with Gasteiger partial charge in [0.1, 0.15) is 12.5 Å². The smallest absolute Gasteiger partial charge is 0.124 e. The Balaban J connectivity index is 1.48. The van der Waals surface area contributed by atoms with Gasteiger partial charge in [-0.3, -0.25) is 16.0 Å². The third-order valence-corrected chi connectivity index (χ3v) is 7.16. The summed E-state index contributed by atoms with van der Waals surface area (Å²) in [4.78, 5) is 0. The van der Waals surface area contributed by atoms with E-state index in [1.54, 1.807) is 0 Å². The summed E-state index contributed by atoms with van der Waals surface area (Å²) in [5.74, 6) is 0.331. The lowest BCUT2D eigenvalue weighted by molar-refractivity contribution is -0.0262. The van der Waals surface area contributed by atoms with Gasteiger partial charge in [0.15, 0.2) is 0 Å². The fourth-order valence-electron chi connectivity index (χ4n) is 5.58. The second-order valence-corrected chi connectivity index (χ2v) is 9.23. The highest BCUT2D eigenvalue weighted by Gasteiger charge is 2.49. The third-order valence-electron chi connectivity index (χ3n) is 7.16. The van der Waals surface area contributed by atoms with E-state index in [9.17, 15) is 0 Å². The Morgan fingerprint density at radius 2 is 2.00 bits per heavy atom. The van der Waals surface area contributed by atoms with Crippen molar-refractivity contribution in [2.75, 3.05) is 20.2 Å². The maximum absolute atomic E-state index is 15.9. The largest absolute Gasteiger partial charge is 0.377 e. The van der Waals surface area contributed by atoms with Crippen LogP contribution in [0.25, 0.3) is 0 Å². The molecule has 6 nitrogen and oxygen atoms in total. The van der Waals surface area contributed by atoms with Crippen LogP contribution < -0.4 is 26.6 Å². The zero-order chi connectivity index (χ0) is 19.7. The summed E-state index contributed by atoms with van der Waals surface area (Å²) in [6.45, 7) is 6.00. The topological polar surface area (TPSA) is 69.4 Å². The molecule has 160 valence electrons. The SMILES string of the molecule is CNC1CC(C)NC(NC2CC3CCOC3C(C3=CCNC(C)CC3)C2F)N1. The Bertz CT molecular complexity index is 561. The van der Waals surface area contributed by atoms with Gasteiger partial charge in [0, 0.05) is 37.2 Å². The molecule has 1 saturated carbocycles. The standard InChI is InChI=1S/C21H38FN5O/c1-12-4-5-14(6-8-24-12)18-19(22)16(11-15-7-9-28-20(15)18)26-21-25-13(2)10-17(23-3)27-21/h6,12-13,15-21,23-27H,4-5,7-11H2,1-3H3. The van der Waals surface area contributed by atoms with E-state index >= 15 is 4.39 Å². The van der Waals surface area contributed by atoms with Crippen LogP contribution in [-0.2, 0) is 4.74 Å². The molecule has 5 N–H and O–H groups in total. The van der Waals surface area contributed by atoms with Crippen molar-refractivity contribution in [2.45, 2.75) is 88.8 Å². The van der Waals surface area contributed by atoms with Gasteiger partial charge in [-0.15, -0.1) is 0 Å². The third kappa shape index (κ3) is 4.45. The first-order valence-electron chi connectivity index (χ1n) is 11.2. The number of hydrogen-bond donors (Lipinski definition) is 5. The summed E-state index contributed by atoms with van der Waals surface area (Å²) in [7, 11) is 1.97. The maximum atomic E-state index is 15.9. The van der Waals surface area contributed by atoms with Crippen molar-refractivity contribution in [2.24, 2.45) is 11.8 Å². The van der Waals surface area contributed by atoms with E-state index in [0.717, 1.165) is 45.3 Å². The van der Waals surface area contributed by atoms with Crippen LogP contribution >= 0.6 is 0 Å². The van der Waals surface area contributed by atoms with E-state index < -0.39 is 6.17 Å². The number of rotatable bonds is 4. The Morgan fingerprint density at radius 3 is 2.82 bits per heavy atom. The minimum atomic E-state index is -0.923. The lowest BCUT2D eigenvalue weighted by Crippen LogP contribution is -2.69. The average molecular weight is 396 g/mol. The Morgan fingerprint density at radius 1 is 1.14 bits per heavy atom. The first-order chi connectivity index (χ1) is 13.5. The summed E-state index contributed by atoms with van der Waals surface area (Å²) in [5, 5.41) is 17.4.